The summed E-state index contributed by atoms with van der Waals surface area (Å²) < 4.78 is 4.32. The standard InChI is InChI=1S/C26H26N2/c1-23-13-19-27(20-14-23)17-5-3-7-25-9-11-26(12-10-25)8-4-6-18-28-21-15-24(2)16-22-28/h9-16,19-22H,5-6,17-18H2,1-2H3/q+2. The van der Waals surface area contributed by atoms with Crippen molar-refractivity contribution in [2.45, 2.75) is 39.8 Å². The van der Waals surface area contributed by atoms with E-state index in [1.54, 1.807) is 0 Å². The number of aromatic nitrogens is 2. The van der Waals surface area contributed by atoms with Crippen LogP contribution >= 0.6 is 0 Å². The molecule has 1 aromatic carbocycles. The Hall–Kier alpha value is -3.36. The van der Waals surface area contributed by atoms with Gasteiger partial charge in [0.15, 0.2) is 37.9 Å². The summed E-state index contributed by atoms with van der Waals surface area (Å²) >= 11 is 0. The molecule has 0 aliphatic heterocycles. The van der Waals surface area contributed by atoms with Crippen LogP contribution in [0.2, 0.25) is 0 Å². The molecule has 0 aliphatic carbocycles. The number of nitrogens with zero attached hydrogens (tertiary/aromatic N) is 2. The second kappa shape index (κ2) is 10.1. The van der Waals surface area contributed by atoms with Crippen molar-refractivity contribution in [2.24, 2.45) is 0 Å². The minimum absolute atomic E-state index is 0.839. The Kier molecular flexibility index (Phi) is 7.00. The Balaban J connectivity index is 1.46. The first-order valence-corrected chi connectivity index (χ1v) is 9.68. The van der Waals surface area contributed by atoms with Gasteiger partial charge in [-0.3, -0.25) is 0 Å². The number of hydrogen-bond donors (Lipinski definition) is 0. The van der Waals surface area contributed by atoms with Crippen molar-refractivity contribution >= 4 is 0 Å². The SMILES string of the molecule is Cc1cc[n+](CCC#Cc2ccc(C#CCC[n+]3ccc(C)cc3)cc2)cc1. The molecule has 138 valence electrons. The number of benzene rings is 1. The Morgan fingerprint density at radius 2 is 0.929 bits per heavy atom. The van der Waals surface area contributed by atoms with E-state index < -0.39 is 0 Å². The van der Waals surface area contributed by atoms with Crippen molar-refractivity contribution < 1.29 is 9.13 Å². The van der Waals surface area contributed by atoms with E-state index in [0.29, 0.717) is 0 Å². The molecule has 3 rings (SSSR count). The van der Waals surface area contributed by atoms with Crippen molar-refractivity contribution in [3.63, 3.8) is 0 Å². The van der Waals surface area contributed by atoms with Crippen LogP contribution in [0.4, 0.5) is 0 Å². The fourth-order valence-corrected chi connectivity index (χ4v) is 2.70. The van der Waals surface area contributed by atoms with Crippen molar-refractivity contribution in [3.05, 3.63) is 95.6 Å². The maximum atomic E-state index is 3.25. The van der Waals surface area contributed by atoms with Crippen LogP contribution < -0.4 is 9.13 Å². The van der Waals surface area contributed by atoms with Gasteiger partial charge in [-0.05, 0) is 49.2 Å². The van der Waals surface area contributed by atoms with Crippen LogP contribution in [0.5, 0.6) is 0 Å². The predicted molar refractivity (Wildman–Crippen MR) is 112 cm³/mol. The quantitative estimate of drug-likeness (QED) is 0.491. The van der Waals surface area contributed by atoms with Crippen molar-refractivity contribution in [2.75, 3.05) is 0 Å². The normalized spacial score (nSPS) is 9.79. The van der Waals surface area contributed by atoms with E-state index in [0.717, 1.165) is 37.1 Å². The van der Waals surface area contributed by atoms with E-state index in [4.69, 9.17) is 0 Å². The van der Waals surface area contributed by atoms with Gasteiger partial charge in [0.25, 0.3) is 0 Å². The summed E-state index contributed by atoms with van der Waals surface area (Å²) in [5.74, 6) is 13.0. The summed E-state index contributed by atoms with van der Waals surface area (Å²) in [5.41, 5.74) is 4.63. The van der Waals surface area contributed by atoms with E-state index >= 15 is 0 Å². The fourth-order valence-electron chi connectivity index (χ4n) is 2.70. The van der Waals surface area contributed by atoms with E-state index in [1.807, 2.05) is 24.3 Å². The highest BCUT2D eigenvalue weighted by molar-refractivity contribution is 5.41. The third-order valence-electron chi connectivity index (χ3n) is 4.46. The zero-order chi connectivity index (χ0) is 19.6. The molecule has 28 heavy (non-hydrogen) atoms. The minimum atomic E-state index is 0.839. The van der Waals surface area contributed by atoms with Gasteiger partial charge in [0.05, 0.1) is 12.8 Å². The highest BCUT2D eigenvalue weighted by atomic mass is 14.9. The molecule has 2 heterocycles. The van der Waals surface area contributed by atoms with Gasteiger partial charge in [0, 0.05) is 35.4 Å². The molecule has 0 aliphatic rings. The van der Waals surface area contributed by atoms with Gasteiger partial charge >= 0.3 is 0 Å². The lowest BCUT2D eigenvalue weighted by Gasteiger charge is -1.94. The molecule has 0 bridgehead atoms. The molecule has 2 aromatic heterocycles. The highest BCUT2D eigenvalue weighted by Crippen LogP contribution is 2.02. The molecule has 0 fully saturated rings. The summed E-state index contributed by atoms with van der Waals surface area (Å²) in [6.45, 7) is 6.02. The van der Waals surface area contributed by atoms with Crippen LogP contribution in [0.3, 0.4) is 0 Å². The third-order valence-corrected chi connectivity index (χ3v) is 4.46. The van der Waals surface area contributed by atoms with Crippen LogP contribution in [0, 0.1) is 37.5 Å². The fraction of sp³-hybridized carbons (Fsp3) is 0.231. The second-order valence-corrected chi connectivity index (χ2v) is 6.91. The molecule has 0 spiro atoms. The molecule has 0 saturated heterocycles. The first kappa shape index (κ1) is 19.4. The zero-order valence-electron chi connectivity index (χ0n) is 16.7. The molecule has 0 N–H and O–H groups in total. The Morgan fingerprint density at radius 1 is 0.571 bits per heavy atom. The lowest BCUT2D eigenvalue weighted by molar-refractivity contribution is -0.696. The molecule has 2 nitrogen and oxygen atoms in total. The Bertz CT molecular complexity index is 920. The maximum Gasteiger partial charge on any atom is 0.169 e. The van der Waals surface area contributed by atoms with E-state index in [-0.39, 0.29) is 0 Å². The molecule has 0 amide bonds. The summed E-state index contributed by atoms with van der Waals surface area (Å²) in [6.07, 6.45) is 10.1. The van der Waals surface area contributed by atoms with Gasteiger partial charge in [0.2, 0.25) is 0 Å². The number of hydrogen-bond acceptors (Lipinski definition) is 0. The topological polar surface area (TPSA) is 7.76 Å². The Labute approximate surface area is 168 Å². The Morgan fingerprint density at radius 3 is 1.29 bits per heavy atom. The maximum absolute atomic E-state index is 3.25. The smallest absolute Gasteiger partial charge is 0.169 e. The number of aryl methyl sites for hydroxylation is 4. The van der Waals surface area contributed by atoms with Gasteiger partial charge in [-0.15, -0.1) is 0 Å². The predicted octanol–water partition coefficient (Wildman–Crippen LogP) is 3.76. The van der Waals surface area contributed by atoms with Crippen LogP contribution in [0.15, 0.2) is 73.3 Å². The summed E-state index contributed by atoms with van der Waals surface area (Å²) in [6, 6.07) is 16.7. The lowest BCUT2D eigenvalue weighted by atomic mass is 10.1. The first-order valence-electron chi connectivity index (χ1n) is 9.68. The monoisotopic (exact) mass is 366 g/mol. The minimum Gasteiger partial charge on any atom is -0.204 e. The highest BCUT2D eigenvalue weighted by Gasteiger charge is 1.97. The van der Waals surface area contributed by atoms with Gasteiger partial charge in [0.1, 0.15) is 0 Å². The van der Waals surface area contributed by atoms with Crippen molar-refractivity contribution in [1.29, 1.82) is 0 Å². The largest absolute Gasteiger partial charge is 0.204 e. The molecular formula is C26H26N2+2. The molecule has 0 atom stereocenters. The first-order chi connectivity index (χ1) is 13.7. The van der Waals surface area contributed by atoms with Crippen LogP contribution in [-0.2, 0) is 13.1 Å². The molecule has 0 unspecified atom stereocenters. The van der Waals surface area contributed by atoms with Crippen molar-refractivity contribution in [3.8, 4) is 23.7 Å². The molecule has 2 heteroatoms. The van der Waals surface area contributed by atoms with E-state index in [1.165, 1.54) is 11.1 Å². The number of rotatable bonds is 4. The zero-order valence-corrected chi connectivity index (χ0v) is 16.7. The van der Waals surface area contributed by atoms with Gasteiger partial charge < -0.3 is 0 Å². The van der Waals surface area contributed by atoms with Gasteiger partial charge in [-0.2, -0.15) is 0 Å². The van der Waals surface area contributed by atoms with E-state index in [9.17, 15) is 0 Å². The molecule has 0 radical (unpaired) electrons. The molecular weight excluding hydrogens is 340 g/mol. The van der Waals surface area contributed by atoms with E-state index in [2.05, 4.69) is 95.7 Å². The summed E-state index contributed by atoms with van der Waals surface area (Å²) in [4.78, 5) is 0. The summed E-state index contributed by atoms with van der Waals surface area (Å²) in [5, 5.41) is 0. The average Bonchev–Trinajstić information content (AvgIpc) is 2.72. The van der Waals surface area contributed by atoms with Gasteiger partial charge in [-0.25, -0.2) is 9.13 Å². The lowest BCUT2D eigenvalue weighted by Crippen LogP contribution is -2.32. The van der Waals surface area contributed by atoms with Gasteiger partial charge in [-0.1, -0.05) is 23.7 Å². The molecule has 3 aromatic rings. The third kappa shape index (κ3) is 6.42. The van der Waals surface area contributed by atoms with Crippen LogP contribution in [0.25, 0.3) is 0 Å². The van der Waals surface area contributed by atoms with Crippen molar-refractivity contribution in [1.82, 2.24) is 0 Å². The van der Waals surface area contributed by atoms with Crippen LogP contribution in [0.1, 0.15) is 35.1 Å². The van der Waals surface area contributed by atoms with Crippen LogP contribution in [-0.4, -0.2) is 0 Å². The molecule has 0 saturated carbocycles. The number of pyridine rings is 2. The summed E-state index contributed by atoms with van der Waals surface area (Å²) in [7, 11) is 0. The second-order valence-electron chi connectivity index (χ2n) is 6.91. The average molecular weight is 367 g/mol.